The highest BCUT2D eigenvalue weighted by molar-refractivity contribution is 7.89. The number of hydrogen-bond acceptors (Lipinski definition) is 4. The fourth-order valence-corrected chi connectivity index (χ4v) is 6.00. The molecule has 1 heterocycles. The summed E-state index contributed by atoms with van der Waals surface area (Å²) in [6.07, 6.45) is -2.98. The molecule has 1 aliphatic rings. The normalized spacial score (nSPS) is 16.6. The van der Waals surface area contributed by atoms with E-state index in [0.717, 1.165) is 34.1 Å². The number of halogens is 4. The Labute approximate surface area is 212 Å². The molecule has 1 aliphatic heterocycles. The molecule has 0 spiro atoms. The zero-order valence-electron chi connectivity index (χ0n) is 19.7. The maximum atomic E-state index is 13.6. The molecule has 3 aromatic carbocycles. The molecular weight excluding hydrogens is 510 g/mol. The van der Waals surface area contributed by atoms with Gasteiger partial charge >= 0.3 is 6.18 Å². The smallest absolute Gasteiger partial charge is 0.416 e. The minimum Gasteiger partial charge on any atom is -0.489 e. The van der Waals surface area contributed by atoms with E-state index in [0.29, 0.717) is 30.6 Å². The van der Waals surface area contributed by atoms with Crippen molar-refractivity contribution in [2.75, 3.05) is 6.54 Å². The third kappa shape index (κ3) is 6.56. The first-order valence-electron chi connectivity index (χ1n) is 11.7. The lowest BCUT2D eigenvalue weighted by molar-refractivity contribution is -0.137. The van der Waals surface area contributed by atoms with Gasteiger partial charge in [-0.3, -0.25) is 4.79 Å². The van der Waals surface area contributed by atoms with Crippen LogP contribution in [0.4, 0.5) is 17.6 Å². The summed E-state index contributed by atoms with van der Waals surface area (Å²) in [7, 11) is -4.00. The highest BCUT2D eigenvalue weighted by atomic mass is 32.2. The molecule has 5 nitrogen and oxygen atoms in total. The van der Waals surface area contributed by atoms with Crippen LogP contribution in [0.5, 0.6) is 5.75 Å². The molecule has 0 unspecified atom stereocenters. The van der Waals surface area contributed by atoms with Crippen LogP contribution in [0, 0.1) is 5.82 Å². The molecule has 0 amide bonds. The molecule has 0 N–H and O–H groups in total. The Hall–Kier alpha value is -3.24. The van der Waals surface area contributed by atoms with Gasteiger partial charge in [0.1, 0.15) is 18.2 Å². The molecule has 3 aromatic rings. The van der Waals surface area contributed by atoms with Crippen LogP contribution in [-0.4, -0.2) is 31.1 Å². The minimum absolute atomic E-state index is 0.0789. The molecule has 1 atom stereocenters. The van der Waals surface area contributed by atoms with Crippen molar-refractivity contribution in [3.8, 4) is 5.75 Å². The van der Waals surface area contributed by atoms with Crippen molar-refractivity contribution in [1.29, 1.82) is 0 Å². The second kappa shape index (κ2) is 11.0. The molecule has 4 rings (SSSR count). The average Bonchev–Trinajstić information content (AvgIpc) is 3.37. The molecule has 0 radical (unpaired) electrons. The molecule has 1 saturated heterocycles. The van der Waals surface area contributed by atoms with E-state index in [2.05, 4.69) is 0 Å². The van der Waals surface area contributed by atoms with Gasteiger partial charge in [0, 0.05) is 13.0 Å². The van der Waals surface area contributed by atoms with Crippen LogP contribution in [0.15, 0.2) is 77.7 Å². The first-order valence-corrected chi connectivity index (χ1v) is 13.2. The lowest BCUT2D eigenvalue weighted by atomic mass is 10.0. The Morgan fingerprint density at radius 2 is 1.70 bits per heavy atom. The Morgan fingerprint density at radius 3 is 2.41 bits per heavy atom. The summed E-state index contributed by atoms with van der Waals surface area (Å²) in [6.45, 7) is 0.276. The fourth-order valence-electron chi connectivity index (χ4n) is 4.29. The highest BCUT2D eigenvalue weighted by Crippen LogP contribution is 2.30. The summed E-state index contributed by atoms with van der Waals surface area (Å²) < 4.78 is 84.6. The number of alkyl halides is 3. The zero-order chi connectivity index (χ0) is 26.6. The second-order valence-corrected chi connectivity index (χ2v) is 10.7. The maximum Gasteiger partial charge on any atom is 0.416 e. The average molecular weight is 536 g/mol. The SMILES string of the molecule is O=C(CCc1cccc(OCc2ccc(C(F)(F)F)cc2)c1)[C@@H]1CCCN1S(=O)(=O)c1cccc(F)c1. The molecule has 1 fully saturated rings. The van der Waals surface area contributed by atoms with E-state index < -0.39 is 33.6 Å². The number of ether oxygens (including phenoxy) is 1. The molecule has 37 heavy (non-hydrogen) atoms. The molecule has 0 bridgehead atoms. The van der Waals surface area contributed by atoms with Crippen LogP contribution in [0.2, 0.25) is 0 Å². The number of ketones is 1. The van der Waals surface area contributed by atoms with Crippen LogP contribution in [0.1, 0.15) is 36.0 Å². The topological polar surface area (TPSA) is 63.7 Å². The molecule has 0 saturated carbocycles. The van der Waals surface area contributed by atoms with Crippen molar-refractivity contribution in [3.63, 3.8) is 0 Å². The van der Waals surface area contributed by atoms with Crippen LogP contribution >= 0.6 is 0 Å². The van der Waals surface area contributed by atoms with Gasteiger partial charge in [-0.05, 0) is 72.9 Å². The Bertz CT molecular complexity index is 1360. The lowest BCUT2D eigenvalue weighted by Crippen LogP contribution is -2.40. The number of Topliss-reactive ketones (excluding diaryl/α,β-unsaturated/α-hetero) is 1. The number of benzene rings is 3. The van der Waals surface area contributed by atoms with Crippen molar-refractivity contribution in [2.45, 2.75) is 49.4 Å². The first kappa shape index (κ1) is 26.8. The minimum atomic E-state index is -4.40. The summed E-state index contributed by atoms with van der Waals surface area (Å²) in [4.78, 5) is 12.8. The lowest BCUT2D eigenvalue weighted by Gasteiger charge is -2.23. The summed E-state index contributed by atoms with van der Waals surface area (Å²) in [5, 5.41) is 0. The number of sulfonamides is 1. The van der Waals surface area contributed by atoms with Gasteiger partial charge in [0.2, 0.25) is 10.0 Å². The number of carbonyl (C=O) groups is 1. The summed E-state index contributed by atoms with van der Waals surface area (Å²) in [6, 6.07) is 15.7. The number of rotatable bonds is 9. The van der Waals surface area contributed by atoms with Gasteiger partial charge in [-0.25, -0.2) is 12.8 Å². The Kier molecular flexibility index (Phi) is 7.99. The van der Waals surface area contributed by atoms with E-state index >= 15 is 0 Å². The standard InChI is InChI=1S/C27H25F4NO4S/c28-22-5-2-7-24(17-22)37(34,35)32-15-3-8-25(32)26(33)14-11-19-4-1-6-23(16-19)36-18-20-9-12-21(13-10-20)27(29,30)31/h1-2,4-7,9-10,12-13,16-17,25H,3,8,11,14-15,18H2/t25-/m0/s1. The maximum absolute atomic E-state index is 13.6. The van der Waals surface area contributed by atoms with E-state index in [1.165, 1.54) is 24.3 Å². The highest BCUT2D eigenvalue weighted by Gasteiger charge is 2.39. The zero-order valence-corrected chi connectivity index (χ0v) is 20.6. The molecule has 0 aromatic heterocycles. The third-order valence-electron chi connectivity index (χ3n) is 6.22. The van der Waals surface area contributed by atoms with E-state index in [-0.39, 0.29) is 30.3 Å². The van der Waals surface area contributed by atoms with Crippen molar-refractivity contribution in [3.05, 3.63) is 95.3 Å². The van der Waals surface area contributed by atoms with Crippen LogP contribution in [0.25, 0.3) is 0 Å². The summed E-state index contributed by atoms with van der Waals surface area (Å²) >= 11 is 0. The number of aryl methyl sites for hydroxylation is 1. The molecule has 10 heteroatoms. The monoisotopic (exact) mass is 535 g/mol. The van der Waals surface area contributed by atoms with Crippen LogP contribution < -0.4 is 4.74 Å². The van der Waals surface area contributed by atoms with Crippen LogP contribution in [-0.2, 0) is 34.0 Å². The van der Waals surface area contributed by atoms with Gasteiger partial charge < -0.3 is 4.74 Å². The molecular formula is C27H25F4NO4S. The van der Waals surface area contributed by atoms with E-state index in [1.807, 2.05) is 6.07 Å². The van der Waals surface area contributed by atoms with Gasteiger partial charge in [-0.1, -0.05) is 30.3 Å². The number of hydrogen-bond donors (Lipinski definition) is 0. The predicted octanol–water partition coefficient (Wildman–Crippen LogP) is 5.78. The molecule has 0 aliphatic carbocycles. The van der Waals surface area contributed by atoms with Gasteiger partial charge in [0.25, 0.3) is 0 Å². The molecule has 196 valence electrons. The van der Waals surface area contributed by atoms with Gasteiger partial charge in [-0.15, -0.1) is 0 Å². The fraction of sp³-hybridized carbons (Fsp3) is 0.296. The van der Waals surface area contributed by atoms with Crippen LogP contribution in [0.3, 0.4) is 0 Å². The largest absolute Gasteiger partial charge is 0.489 e. The first-order chi connectivity index (χ1) is 17.5. The quantitative estimate of drug-likeness (QED) is 0.326. The van der Waals surface area contributed by atoms with Crippen molar-refractivity contribution in [2.24, 2.45) is 0 Å². The number of nitrogens with zero attached hydrogens (tertiary/aromatic N) is 1. The van der Waals surface area contributed by atoms with Gasteiger partial charge in [0.15, 0.2) is 5.78 Å². The Balaban J connectivity index is 1.35. The Morgan fingerprint density at radius 1 is 0.973 bits per heavy atom. The predicted molar refractivity (Wildman–Crippen MR) is 129 cm³/mol. The van der Waals surface area contributed by atoms with E-state index in [9.17, 15) is 30.8 Å². The summed E-state index contributed by atoms with van der Waals surface area (Å²) in [5.74, 6) is -0.377. The van der Waals surface area contributed by atoms with Gasteiger partial charge in [0.05, 0.1) is 16.5 Å². The third-order valence-corrected chi connectivity index (χ3v) is 8.13. The van der Waals surface area contributed by atoms with E-state index in [1.54, 1.807) is 18.2 Å². The second-order valence-electron chi connectivity index (χ2n) is 8.83. The van der Waals surface area contributed by atoms with Crippen molar-refractivity contribution < 1.29 is 35.5 Å². The van der Waals surface area contributed by atoms with Crippen molar-refractivity contribution >= 4 is 15.8 Å². The van der Waals surface area contributed by atoms with Crippen molar-refractivity contribution in [1.82, 2.24) is 4.31 Å². The number of carbonyl (C=O) groups excluding carboxylic acids is 1. The summed E-state index contributed by atoms with van der Waals surface area (Å²) in [5.41, 5.74) is 0.651. The van der Waals surface area contributed by atoms with Gasteiger partial charge in [-0.2, -0.15) is 17.5 Å². The van der Waals surface area contributed by atoms with E-state index in [4.69, 9.17) is 4.74 Å².